The van der Waals surface area contributed by atoms with Gasteiger partial charge in [0.05, 0.1) is 6.33 Å². The largest absolute Gasteiger partial charge is 0.355 e. The topological polar surface area (TPSA) is 61.0 Å². The van der Waals surface area contributed by atoms with Crippen LogP contribution in [0.15, 0.2) is 11.1 Å². The number of nitrogens with zero attached hydrogens (tertiary/aromatic N) is 2. The molecule has 1 saturated heterocycles. The van der Waals surface area contributed by atoms with E-state index < -0.39 is 0 Å². The Morgan fingerprint density at radius 3 is 3.00 bits per heavy atom. The van der Waals surface area contributed by atoms with Crippen molar-refractivity contribution < 1.29 is 0 Å². The molecule has 0 spiro atoms. The summed E-state index contributed by atoms with van der Waals surface area (Å²) in [6.07, 6.45) is 3.71. The maximum Gasteiger partial charge on any atom is 0.271 e. The molecule has 2 N–H and O–H groups in total. The van der Waals surface area contributed by atoms with Crippen molar-refractivity contribution in [2.24, 2.45) is 5.92 Å². The minimum absolute atomic E-state index is 0.127. The first-order valence-corrected chi connectivity index (χ1v) is 7.48. The van der Waals surface area contributed by atoms with Crippen molar-refractivity contribution in [3.63, 3.8) is 0 Å². The summed E-state index contributed by atoms with van der Waals surface area (Å²) in [5.74, 6) is 1.16. The van der Waals surface area contributed by atoms with Gasteiger partial charge in [-0.15, -0.1) is 0 Å². The molecule has 6 heteroatoms. The summed E-state index contributed by atoms with van der Waals surface area (Å²) >= 11 is 6.06. The molecule has 0 saturated carbocycles. The van der Waals surface area contributed by atoms with Gasteiger partial charge in [-0.2, -0.15) is 0 Å². The number of piperidine rings is 1. The van der Waals surface area contributed by atoms with Crippen LogP contribution in [0.25, 0.3) is 0 Å². The second-order valence-corrected chi connectivity index (χ2v) is 6.83. The Kier molecular flexibility index (Phi) is 4.70. The quantitative estimate of drug-likeness (QED) is 0.896. The van der Waals surface area contributed by atoms with Crippen molar-refractivity contribution in [2.75, 3.05) is 24.5 Å². The molecule has 20 heavy (non-hydrogen) atoms. The molecule has 2 heterocycles. The van der Waals surface area contributed by atoms with Crippen LogP contribution < -0.4 is 15.8 Å². The van der Waals surface area contributed by atoms with Crippen LogP contribution >= 0.6 is 11.6 Å². The maximum absolute atomic E-state index is 11.6. The van der Waals surface area contributed by atoms with Crippen molar-refractivity contribution in [3.8, 4) is 0 Å². The van der Waals surface area contributed by atoms with Gasteiger partial charge in [0.15, 0.2) is 5.82 Å². The smallest absolute Gasteiger partial charge is 0.271 e. The van der Waals surface area contributed by atoms with Crippen LogP contribution in [0.1, 0.15) is 33.6 Å². The molecule has 5 nitrogen and oxygen atoms in total. The Balaban J connectivity index is 2.03. The van der Waals surface area contributed by atoms with E-state index in [1.54, 1.807) is 0 Å². The fourth-order valence-corrected chi connectivity index (χ4v) is 2.69. The Hall–Kier alpha value is -1.07. The number of anilines is 1. The van der Waals surface area contributed by atoms with Crippen molar-refractivity contribution >= 4 is 17.4 Å². The number of aromatic amines is 1. The van der Waals surface area contributed by atoms with Gasteiger partial charge in [0.2, 0.25) is 0 Å². The number of hydrogen-bond acceptors (Lipinski definition) is 4. The van der Waals surface area contributed by atoms with Crippen LogP contribution in [0.4, 0.5) is 5.82 Å². The number of H-pyrrole nitrogens is 1. The van der Waals surface area contributed by atoms with Crippen LogP contribution in [0.3, 0.4) is 0 Å². The molecular weight excluding hydrogens is 276 g/mol. The summed E-state index contributed by atoms with van der Waals surface area (Å²) < 4.78 is 0. The average Bonchev–Trinajstić information content (AvgIpc) is 2.39. The second-order valence-electron chi connectivity index (χ2n) is 6.45. The predicted molar refractivity (Wildman–Crippen MR) is 82.6 cm³/mol. The lowest BCUT2D eigenvalue weighted by atomic mass is 9.96. The van der Waals surface area contributed by atoms with Gasteiger partial charge < -0.3 is 15.2 Å². The van der Waals surface area contributed by atoms with Gasteiger partial charge in [-0.3, -0.25) is 4.79 Å². The molecule has 0 aliphatic carbocycles. The SMILES string of the molecule is CC(C)(C)NCC1CCCN(c2nc[nH]c(=O)c2Cl)C1. The van der Waals surface area contributed by atoms with Gasteiger partial charge in [-0.25, -0.2) is 4.98 Å². The molecule has 1 fully saturated rings. The maximum atomic E-state index is 11.6. The minimum Gasteiger partial charge on any atom is -0.355 e. The van der Waals surface area contributed by atoms with Crippen molar-refractivity contribution in [1.29, 1.82) is 0 Å². The van der Waals surface area contributed by atoms with E-state index in [0.29, 0.717) is 11.7 Å². The summed E-state index contributed by atoms with van der Waals surface area (Å²) in [7, 11) is 0. The van der Waals surface area contributed by atoms with Gasteiger partial charge in [-0.05, 0) is 39.5 Å². The van der Waals surface area contributed by atoms with E-state index >= 15 is 0 Å². The lowest BCUT2D eigenvalue weighted by Gasteiger charge is -2.35. The zero-order chi connectivity index (χ0) is 14.8. The first-order valence-electron chi connectivity index (χ1n) is 7.10. The molecule has 1 aromatic rings. The Bertz CT molecular complexity index is 509. The molecule has 0 radical (unpaired) electrons. The van der Waals surface area contributed by atoms with Crippen LogP contribution in [-0.2, 0) is 0 Å². The van der Waals surface area contributed by atoms with E-state index in [2.05, 4.69) is 41.0 Å². The first-order chi connectivity index (χ1) is 9.37. The monoisotopic (exact) mass is 298 g/mol. The van der Waals surface area contributed by atoms with Crippen molar-refractivity contribution in [1.82, 2.24) is 15.3 Å². The molecule has 1 aromatic heterocycles. The molecule has 0 amide bonds. The summed E-state index contributed by atoms with van der Waals surface area (Å²) in [6.45, 7) is 9.27. The average molecular weight is 299 g/mol. The minimum atomic E-state index is -0.272. The third-order valence-electron chi connectivity index (χ3n) is 3.52. The number of nitrogens with one attached hydrogen (secondary N) is 2. The third kappa shape index (κ3) is 3.96. The summed E-state index contributed by atoms with van der Waals surface area (Å²) in [4.78, 5) is 20.4. The highest BCUT2D eigenvalue weighted by atomic mass is 35.5. The van der Waals surface area contributed by atoms with E-state index in [1.807, 2.05) is 0 Å². The molecule has 1 unspecified atom stereocenters. The van der Waals surface area contributed by atoms with Gasteiger partial charge in [0.25, 0.3) is 5.56 Å². The molecule has 0 aromatic carbocycles. The number of hydrogen-bond donors (Lipinski definition) is 2. The van der Waals surface area contributed by atoms with Gasteiger partial charge >= 0.3 is 0 Å². The normalized spacial score (nSPS) is 20.2. The van der Waals surface area contributed by atoms with E-state index in [9.17, 15) is 4.79 Å². The van der Waals surface area contributed by atoms with E-state index in [4.69, 9.17) is 11.6 Å². The third-order valence-corrected chi connectivity index (χ3v) is 3.86. The van der Waals surface area contributed by atoms with Crippen molar-refractivity contribution in [3.05, 3.63) is 21.7 Å². The van der Waals surface area contributed by atoms with E-state index in [1.165, 1.54) is 12.7 Å². The number of aromatic nitrogens is 2. The van der Waals surface area contributed by atoms with Crippen LogP contribution in [0.5, 0.6) is 0 Å². The predicted octanol–water partition coefficient (Wildman–Crippen LogP) is 2.03. The van der Waals surface area contributed by atoms with Crippen molar-refractivity contribution in [2.45, 2.75) is 39.2 Å². The molecule has 0 bridgehead atoms. The lowest BCUT2D eigenvalue weighted by Crippen LogP contribution is -2.45. The summed E-state index contributed by atoms with van der Waals surface area (Å²) in [5.41, 5.74) is -0.145. The molecule has 1 atom stereocenters. The van der Waals surface area contributed by atoms with Gasteiger partial charge in [-0.1, -0.05) is 11.6 Å². The number of rotatable bonds is 3. The van der Waals surface area contributed by atoms with Crippen LogP contribution in [0.2, 0.25) is 5.02 Å². The Morgan fingerprint density at radius 2 is 2.30 bits per heavy atom. The standard InChI is InChI=1S/C14H23ClN4O/c1-14(2,3)18-7-10-5-4-6-19(8-10)12-11(15)13(20)17-9-16-12/h9-10,18H,4-8H2,1-3H3,(H,16,17,20). The highest BCUT2D eigenvalue weighted by molar-refractivity contribution is 6.32. The molecule has 1 aliphatic heterocycles. The van der Waals surface area contributed by atoms with Crippen LogP contribution in [0, 0.1) is 5.92 Å². The zero-order valence-electron chi connectivity index (χ0n) is 12.4. The molecule has 112 valence electrons. The highest BCUT2D eigenvalue weighted by Crippen LogP contribution is 2.25. The zero-order valence-corrected chi connectivity index (χ0v) is 13.1. The summed E-state index contributed by atoms with van der Waals surface area (Å²) in [6, 6.07) is 0. The van der Waals surface area contributed by atoms with Crippen LogP contribution in [-0.4, -0.2) is 35.1 Å². The Morgan fingerprint density at radius 1 is 1.55 bits per heavy atom. The van der Waals surface area contributed by atoms with Gasteiger partial charge in [0, 0.05) is 25.2 Å². The molecular formula is C14H23ClN4O. The van der Waals surface area contributed by atoms with E-state index in [-0.39, 0.29) is 16.1 Å². The molecule has 1 aliphatic rings. The second kappa shape index (κ2) is 6.14. The number of halogens is 1. The first kappa shape index (κ1) is 15.3. The fraction of sp³-hybridized carbons (Fsp3) is 0.714. The lowest BCUT2D eigenvalue weighted by molar-refractivity contribution is 0.335. The molecule has 2 rings (SSSR count). The van der Waals surface area contributed by atoms with Gasteiger partial charge in [0.1, 0.15) is 5.02 Å². The van der Waals surface area contributed by atoms with E-state index in [0.717, 1.165) is 26.1 Å². The fourth-order valence-electron chi connectivity index (χ4n) is 2.47. The Labute approximate surface area is 124 Å². The highest BCUT2D eigenvalue weighted by Gasteiger charge is 2.24. The summed E-state index contributed by atoms with van der Waals surface area (Å²) in [5, 5.41) is 3.73.